The molecule has 3 N–H and O–H groups in total. The minimum absolute atomic E-state index is 0.0252. The van der Waals surface area contributed by atoms with Crippen molar-refractivity contribution in [2.24, 2.45) is 11.1 Å². The van der Waals surface area contributed by atoms with E-state index in [0.717, 1.165) is 34.0 Å². The van der Waals surface area contributed by atoms with Gasteiger partial charge in [-0.05, 0) is 54.0 Å². The number of Topliss-reactive ketones (excluding diaryl/α,β-unsaturated/α-hetero) is 1. The number of primary amides is 1. The Morgan fingerprint density at radius 3 is 2.46 bits per heavy atom. The Morgan fingerprint density at radius 2 is 1.66 bits per heavy atom. The lowest BCUT2D eigenvalue weighted by atomic mass is 9.83. The van der Waals surface area contributed by atoms with Gasteiger partial charge in [-0.1, -0.05) is 62.4 Å². The van der Waals surface area contributed by atoms with Gasteiger partial charge in [-0.3, -0.25) is 19.2 Å². The molecule has 1 aromatic heterocycles. The fourth-order valence-corrected chi connectivity index (χ4v) is 5.24. The maximum atomic E-state index is 13.2. The molecule has 0 bridgehead atoms. The van der Waals surface area contributed by atoms with Gasteiger partial charge in [0.25, 0.3) is 0 Å². The monoisotopic (exact) mass is 558 g/mol. The van der Waals surface area contributed by atoms with Crippen LogP contribution in [0.15, 0.2) is 60.8 Å². The minimum atomic E-state index is -1.13. The number of ketones is 1. The number of hydrogen-bond donors (Lipinski definition) is 2. The molecule has 2 aromatic carbocycles. The molecule has 0 saturated heterocycles. The van der Waals surface area contributed by atoms with Gasteiger partial charge in [-0.15, -0.1) is 0 Å². The molecular weight excluding hydrogens is 520 g/mol. The van der Waals surface area contributed by atoms with E-state index in [9.17, 15) is 19.2 Å². The van der Waals surface area contributed by atoms with E-state index in [1.807, 2.05) is 48.7 Å². The van der Waals surface area contributed by atoms with Gasteiger partial charge in [0.2, 0.25) is 5.91 Å². The number of para-hydroxylation sites is 1. The Morgan fingerprint density at radius 1 is 0.927 bits per heavy atom. The number of nitrogens with two attached hydrogens (primary N) is 1. The lowest BCUT2D eigenvalue weighted by molar-refractivity contribution is -0.168. The minimum Gasteiger partial charge on any atom is -0.465 e. The SMILES string of the molecule is CC(C)(COC(=O)CCc1c[nH]c2ccccc12)[C@@H](OC(=O)CCC1=CCc2ccccc21)C(=O)CCCC(N)=O. The third-order valence-electron chi connectivity index (χ3n) is 7.51. The predicted molar refractivity (Wildman–Crippen MR) is 157 cm³/mol. The van der Waals surface area contributed by atoms with Crippen molar-refractivity contribution in [1.29, 1.82) is 0 Å². The summed E-state index contributed by atoms with van der Waals surface area (Å²) in [4.78, 5) is 53.2. The van der Waals surface area contributed by atoms with Crippen molar-refractivity contribution in [2.45, 2.75) is 71.3 Å². The number of aromatic nitrogens is 1. The van der Waals surface area contributed by atoms with Crippen molar-refractivity contribution in [2.75, 3.05) is 6.61 Å². The number of ether oxygens (including phenoxy) is 2. The first-order valence-electron chi connectivity index (χ1n) is 14.1. The second-order valence-corrected chi connectivity index (χ2v) is 11.3. The smallest absolute Gasteiger partial charge is 0.306 e. The first-order chi connectivity index (χ1) is 19.6. The number of amides is 1. The molecule has 41 heavy (non-hydrogen) atoms. The number of carbonyl (C=O) groups is 4. The molecule has 216 valence electrons. The molecule has 1 atom stereocenters. The summed E-state index contributed by atoms with van der Waals surface area (Å²) >= 11 is 0. The van der Waals surface area contributed by atoms with Crippen LogP contribution >= 0.6 is 0 Å². The highest BCUT2D eigenvalue weighted by Crippen LogP contribution is 2.32. The summed E-state index contributed by atoms with van der Waals surface area (Å²) in [6.07, 6.45) is 5.35. The van der Waals surface area contributed by atoms with Crippen LogP contribution in [0.5, 0.6) is 0 Å². The average Bonchev–Trinajstić information content (AvgIpc) is 3.56. The second kappa shape index (κ2) is 13.4. The maximum Gasteiger partial charge on any atom is 0.306 e. The van der Waals surface area contributed by atoms with Crippen molar-refractivity contribution >= 4 is 40.1 Å². The number of carbonyl (C=O) groups excluding carboxylic acids is 4. The predicted octanol–water partition coefficient (Wildman–Crippen LogP) is 5.23. The standard InChI is InChI=1S/C33H38N2O6/c1-33(2,21-40-30(38)18-17-24-20-35-27-11-6-5-10-26(24)27)32(28(36)12-7-13-29(34)37)41-31(39)19-16-23-15-14-22-8-3-4-9-25(22)23/h3-6,8-11,15,20,32,35H,7,12-14,16-19,21H2,1-2H3,(H2,34,37)/t32-/m0/s1. The van der Waals surface area contributed by atoms with E-state index in [1.54, 1.807) is 13.8 Å². The van der Waals surface area contributed by atoms with Crippen molar-refractivity contribution < 1.29 is 28.7 Å². The molecular formula is C33H38N2O6. The highest BCUT2D eigenvalue weighted by atomic mass is 16.6. The fraction of sp³-hybridized carbons (Fsp3) is 0.394. The summed E-state index contributed by atoms with van der Waals surface area (Å²) in [6, 6.07) is 16.0. The number of allylic oxidation sites excluding steroid dienone is 2. The van der Waals surface area contributed by atoms with E-state index >= 15 is 0 Å². The van der Waals surface area contributed by atoms with E-state index in [-0.39, 0.29) is 44.5 Å². The number of aromatic amines is 1. The number of H-pyrrole nitrogens is 1. The van der Waals surface area contributed by atoms with Crippen LogP contribution < -0.4 is 5.73 Å². The normalized spacial score (nSPS) is 13.4. The van der Waals surface area contributed by atoms with Crippen molar-refractivity contribution in [3.8, 4) is 0 Å². The number of nitrogens with one attached hydrogen (secondary N) is 1. The van der Waals surface area contributed by atoms with Crippen molar-refractivity contribution in [3.05, 3.63) is 77.5 Å². The molecule has 4 rings (SSSR count). The van der Waals surface area contributed by atoms with Gasteiger partial charge < -0.3 is 20.2 Å². The summed E-state index contributed by atoms with van der Waals surface area (Å²) in [5.41, 5.74) is 9.73. The van der Waals surface area contributed by atoms with E-state index in [0.29, 0.717) is 12.8 Å². The molecule has 0 aliphatic heterocycles. The Balaban J connectivity index is 1.34. The molecule has 0 saturated carbocycles. The average molecular weight is 559 g/mol. The summed E-state index contributed by atoms with van der Waals surface area (Å²) in [5.74, 6) is -1.73. The molecule has 1 heterocycles. The van der Waals surface area contributed by atoms with Gasteiger partial charge in [0.15, 0.2) is 11.9 Å². The van der Waals surface area contributed by atoms with Gasteiger partial charge in [0.1, 0.15) is 6.61 Å². The third kappa shape index (κ3) is 7.93. The second-order valence-electron chi connectivity index (χ2n) is 11.3. The third-order valence-corrected chi connectivity index (χ3v) is 7.51. The Bertz CT molecular complexity index is 1450. The van der Waals surface area contributed by atoms with E-state index in [2.05, 4.69) is 17.1 Å². The number of aryl methyl sites for hydroxylation is 1. The Kier molecular flexibility index (Phi) is 9.76. The van der Waals surface area contributed by atoms with E-state index < -0.39 is 29.4 Å². The van der Waals surface area contributed by atoms with Gasteiger partial charge in [-0.25, -0.2) is 0 Å². The van der Waals surface area contributed by atoms with Gasteiger partial charge in [0.05, 0.1) is 0 Å². The van der Waals surface area contributed by atoms with Crippen LogP contribution in [0.2, 0.25) is 0 Å². The van der Waals surface area contributed by atoms with Crippen LogP contribution in [0.4, 0.5) is 0 Å². The number of esters is 2. The van der Waals surface area contributed by atoms with Crippen LogP contribution in [-0.2, 0) is 41.5 Å². The highest BCUT2D eigenvalue weighted by molar-refractivity contribution is 5.87. The topological polar surface area (TPSA) is 129 Å². The van der Waals surface area contributed by atoms with E-state index in [4.69, 9.17) is 15.2 Å². The lowest BCUT2D eigenvalue weighted by Crippen LogP contribution is -2.43. The molecule has 0 radical (unpaired) electrons. The van der Waals surface area contributed by atoms with Gasteiger partial charge in [-0.2, -0.15) is 0 Å². The summed E-state index contributed by atoms with van der Waals surface area (Å²) in [6.45, 7) is 3.37. The molecule has 0 fully saturated rings. The van der Waals surface area contributed by atoms with Crippen molar-refractivity contribution in [1.82, 2.24) is 4.98 Å². The van der Waals surface area contributed by atoms with Gasteiger partial charge in [0, 0.05) is 48.2 Å². The lowest BCUT2D eigenvalue weighted by Gasteiger charge is -2.32. The van der Waals surface area contributed by atoms with Crippen LogP contribution in [0.1, 0.15) is 69.1 Å². The molecule has 1 amide bonds. The Labute approximate surface area is 240 Å². The zero-order valence-corrected chi connectivity index (χ0v) is 23.7. The van der Waals surface area contributed by atoms with Crippen LogP contribution in [0.3, 0.4) is 0 Å². The first-order valence-corrected chi connectivity index (χ1v) is 14.1. The van der Waals surface area contributed by atoms with Crippen LogP contribution in [0.25, 0.3) is 16.5 Å². The zero-order valence-electron chi connectivity index (χ0n) is 23.7. The summed E-state index contributed by atoms with van der Waals surface area (Å²) < 4.78 is 11.3. The quantitative estimate of drug-likeness (QED) is 0.246. The molecule has 3 aromatic rings. The van der Waals surface area contributed by atoms with Crippen LogP contribution in [-0.4, -0.2) is 41.3 Å². The van der Waals surface area contributed by atoms with Gasteiger partial charge >= 0.3 is 11.9 Å². The number of fused-ring (bicyclic) bond motifs is 2. The summed E-state index contributed by atoms with van der Waals surface area (Å²) in [5, 5.41) is 1.06. The van der Waals surface area contributed by atoms with Crippen molar-refractivity contribution in [3.63, 3.8) is 0 Å². The molecule has 0 spiro atoms. The Hall–Kier alpha value is -4.20. The zero-order chi connectivity index (χ0) is 29.4. The molecule has 8 heteroatoms. The van der Waals surface area contributed by atoms with E-state index in [1.165, 1.54) is 5.56 Å². The number of rotatable bonds is 15. The molecule has 1 aliphatic rings. The number of benzene rings is 2. The number of hydrogen-bond acceptors (Lipinski definition) is 6. The highest BCUT2D eigenvalue weighted by Gasteiger charge is 2.39. The fourth-order valence-electron chi connectivity index (χ4n) is 5.24. The first kappa shape index (κ1) is 29.8. The molecule has 1 aliphatic carbocycles. The molecule has 8 nitrogen and oxygen atoms in total. The maximum absolute atomic E-state index is 13.2. The largest absolute Gasteiger partial charge is 0.465 e. The van der Waals surface area contributed by atoms with Crippen LogP contribution in [0, 0.1) is 5.41 Å². The molecule has 0 unspecified atom stereocenters. The summed E-state index contributed by atoms with van der Waals surface area (Å²) in [7, 11) is 0.